The van der Waals surface area contributed by atoms with Gasteiger partial charge in [0, 0.05) is 13.1 Å². The van der Waals surface area contributed by atoms with E-state index in [-0.39, 0.29) is 23.5 Å². The molecule has 2 amide bonds. The van der Waals surface area contributed by atoms with Crippen molar-refractivity contribution in [2.45, 2.75) is 46.7 Å². The Balaban J connectivity index is 1.77. The lowest BCUT2D eigenvalue weighted by Crippen LogP contribution is -2.52. The van der Waals surface area contributed by atoms with Gasteiger partial charge >= 0.3 is 0 Å². The Labute approximate surface area is 177 Å². The van der Waals surface area contributed by atoms with Crippen LogP contribution in [-0.2, 0) is 17.8 Å². The summed E-state index contributed by atoms with van der Waals surface area (Å²) in [5, 5.41) is 2.83. The van der Waals surface area contributed by atoms with Crippen LogP contribution in [0.1, 0.15) is 49.4 Å². The van der Waals surface area contributed by atoms with Gasteiger partial charge in [-0.2, -0.15) is 0 Å². The number of amides is 2. The lowest BCUT2D eigenvalue weighted by atomic mass is 9.96. The van der Waals surface area contributed by atoms with Crippen LogP contribution in [0.3, 0.4) is 0 Å². The van der Waals surface area contributed by atoms with Gasteiger partial charge in [0.25, 0.3) is 5.91 Å². The molecule has 1 aromatic carbocycles. The van der Waals surface area contributed by atoms with Gasteiger partial charge in [-0.1, -0.05) is 13.8 Å². The molecule has 1 N–H and O–H groups in total. The molecule has 2 aromatic rings. The van der Waals surface area contributed by atoms with Crippen molar-refractivity contribution in [1.82, 2.24) is 10.2 Å². The predicted octanol–water partition coefficient (Wildman–Crippen LogP) is 3.42. The van der Waals surface area contributed by atoms with Crippen molar-refractivity contribution in [3.63, 3.8) is 0 Å². The van der Waals surface area contributed by atoms with Gasteiger partial charge in [0.2, 0.25) is 5.91 Å². The Hall–Kier alpha value is -2.96. The molecular formula is C23H30N2O5. The van der Waals surface area contributed by atoms with E-state index in [2.05, 4.69) is 5.32 Å². The van der Waals surface area contributed by atoms with Gasteiger partial charge in [0.05, 0.1) is 19.5 Å². The van der Waals surface area contributed by atoms with Crippen LogP contribution in [0, 0.1) is 5.92 Å². The molecule has 30 heavy (non-hydrogen) atoms. The first-order valence-electron chi connectivity index (χ1n) is 10.5. The molecule has 0 aliphatic carbocycles. The molecule has 0 fully saturated rings. The van der Waals surface area contributed by atoms with Crippen LogP contribution in [0.25, 0.3) is 0 Å². The number of ether oxygens (including phenoxy) is 2. The molecule has 2 heterocycles. The summed E-state index contributed by atoms with van der Waals surface area (Å²) in [6.07, 6.45) is 2.17. The Morgan fingerprint density at radius 1 is 1.13 bits per heavy atom. The van der Waals surface area contributed by atoms with Crippen molar-refractivity contribution in [2.75, 3.05) is 19.8 Å². The minimum Gasteiger partial charge on any atom is -0.490 e. The predicted molar refractivity (Wildman–Crippen MR) is 113 cm³/mol. The first-order valence-corrected chi connectivity index (χ1v) is 10.5. The summed E-state index contributed by atoms with van der Waals surface area (Å²) < 4.78 is 16.6. The lowest BCUT2D eigenvalue weighted by molar-refractivity contribution is -0.135. The minimum atomic E-state index is -0.627. The molecule has 0 radical (unpaired) electrons. The zero-order chi connectivity index (χ0) is 21.7. The Bertz CT molecular complexity index is 876. The van der Waals surface area contributed by atoms with Crippen LogP contribution in [0.4, 0.5) is 0 Å². The third kappa shape index (κ3) is 4.78. The summed E-state index contributed by atoms with van der Waals surface area (Å²) >= 11 is 0. The van der Waals surface area contributed by atoms with Gasteiger partial charge in [-0.05, 0) is 61.6 Å². The van der Waals surface area contributed by atoms with Gasteiger partial charge < -0.3 is 24.1 Å². The SMILES string of the molecule is CCOc1cc2c(cc1OCC)CN(C(=O)[C@@H](NC(=O)c1ccco1)C(C)C)CC2. The van der Waals surface area contributed by atoms with E-state index in [1.165, 1.54) is 6.26 Å². The highest BCUT2D eigenvalue weighted by molar-refractivity contribution is 5.95. The molecule has 1 aromatic heterocycles. The zero-order valence-corrected chi connectivity index (χ0v) is 18.1. The molecule has 7 nitrogen and oxygen atoms in total. The second-order valence-electron chi connectivity index (χ2n) is 7.62. The summed E-state index contributed by atoms with van der Waals surface area (Å²) in [6, 6.07) is 6.59. The molecule has 0 saturated heterocycles. The van der Waals surface area contributed by atoms with Crippen LogP contribution in [0.15, 0.2) is 34.9 Å². The van der Waals surface area contributed by atoms with Crippen LogP contribution >= 0.6 is 0 Å². The molecule has 162 valence electrons. The molecule has 1 aliphatic rings. The lowest BCUT2D eigenvalue weighted by Gasteiger charge is -2.33. The molecule has 0 bridgehead atoms. The zero-order valence-electron chi connectivity index (χ0n) is 18.1. The van der Waals surface area contributed by atoms with Crippen molar-refractivity contribution >= 4 is 11.8 Å². The average Bonchev–Trinajstić information content (AvgIpc) is 3.26. The first-order chi connectivity index (χ1) is 14.4. The monoisotopic (exact) mass is 414 g/mol. The van der Waals surface area contributed by atoms with Gasteiger partial charge in [-0.3, -0.25) is 9.59 Å². The Morgan fingerprint density at radius 2 is 1.80 bits per heavy atom. The Morgan fingerprint density at radius 3 is 2.37 bits per heavy atom. The van der Waals surface area contributed by atoms with Gasteiger partial charge in [-0.25, -0.2) is 0 Å². The topological polar surface area (TPSA) is 81.0 Å². The second-order valence-corrected chi connectivity index (χ2v) is 7.62. The average molecular weight is 415 g/mol. The number of hydrogen-bond acceptors (Lipinski definition) is 5. The standard InChI is InChI=1S/C23H30N2O5/c1-5-28-19-12-16-9-10-25(14-17(16)13-20(19)29-6-2)23(27)21(15(3)4)24-22(26)18-8-7-11-30-18/h7-8,11-13,15,21H,5-6,9-10,14H2,1-4H3,(H,24,26)/t21-/m0/s1. The molecular weight excluding hydrogens is 384 g/mol. The number of carbonyl (C=O) groups is 2. The smallest absolute Gasteiger partial charge is 0.287 e. The number of nitrogens with zero attached hydrogens (tertiary/aromatic N) is 1. The van der Waals surface area contributed by atoms with Crippen molar-refractivity contribution < 1.29 is 23.5 Å². The van der Waals surface area contributed by atoms with Gasteiger partial charge in [0.15, 0.2) is 17.3 Å². The van der Waals surface area contributed by atoms with E-state index < -0.39 is 6.04 Å². The summed E-state index contributed by atoms with van der Waals surface area (Å²) in [7, 11) is 0. The molecule has 3 rings (SSSR count). The van der Waals surface area contributed by atoms with E-state index in [4.69, 9.17) is 13.9 Å². The number of carbonyl (C=O) groups excluding carboxylic acids is 2. The molecule has 0 unspecified atom stereocenters. The van der Waals surface area contributed by atoms with Crippen LogP contribution in [0.2, 0.25) is 0 Å². The van der Waals surface area contributed by atoms with Crippen LogP contribution in [-0.4, -0.2) is 42.5 Å². The summed E-state index contributed by atoms with van der Waals surface area (Å²) in [5.41, 5.74) is 2.20. The molecule has 1 aliphatic heterocycles. The highest BCUT2D eigenvalue weighted by Crippen LogP contribution is 2.34. The highest BCUT2D eigenvalue weighted by atomic mass is 16.5. The van der Waals surface area contributed by atoms with Crippen LogP contribution < -0.4 is 14.8 Å². The largest absolute Gasteiger partial charge is 0.490 e. The van der Waals surface area contributed by atoms with Crippen molar-refractivity contribution in [3.05, 3.63) is 47.4 Å². The maximum absolute atomic E-state index is 13.3. The maximum Gasteiger partial charge on any atom is 0.287 e. The van der Waals surface area contributed by atoms with Gasteiger partial charge in [-0.15, -0.1) is 0 Å². The number of rotatable bonds is 8. The van der Waals surface area contributed by atoms with E-state index in [0.717, 1.165) is 23.3 Å². The fraction of sp³-hybridized carbons (Fsp3) is 0.478. The van der Waals surface area contributed by atoms with Crippen molar-refractivity contribution in [2.24, 2.45) is 5.92 Å². The third-order valence-electron chi connectivity index (χ3n) is 5.15. The normalized spacial score (nSPS) is 14.2. The number of fused-ring (bicyclic) bond motifs is 1. The number of hydrogen-bond donors (Lipinski definition) is 1. The third-order valence-corrected chi connectivity index (χ3v) is 5.15. The maximum atomic E-state index is 13.3. The molecule has 1 atom stereocenters. The summed E-state index contributed by atoms with van der Waals surface area (Å²) in [4.78, 5) is 27.5. The molecule has 0 spiro atoms. The van der Waals surface area contributed by atoms with E-state index >= 15 is 0 Å². The van der Waals surface area contributed by atoms with E-state index in [9.17, 15) is 9.59 Å². The number of furan rings is 1. The first kappa shape index (κ1) is 21.7. The molecule has 0 saturated carbocycles. The highest BCUT2D eigenvalue weighted by Gasteiger charge is 2.32. The van der Waals surface area contributed by atoms with Crippen molar-refractivity contribution in [1.29, 1.82) is 0 Å². The fourth-order valence-electron chi connectivity index (χ4n) is 3.62. The van der Waals surface area contributed by atoms with Gasteiger partial charge in [0.1, 0.15) is 6.04 Å². The van der Waals surface area contributed by atoms with E-state index in [0.29, 0.717) is 32.1 Å². The molecule has 7 heteroatoms. The minimum absolute atomic E-state index is 0.0582. The summed E-state index contributed by atoms with van der Waals surface area (Å²) in [5.74, 6) is 1.09. The van der Waals surface area contributed by atoms with E-state index in [1.807, 2.05) is 39.8 Å². The Kier molecular flexibility index (Phi) is 7.03. The summed E-state index contributed by atoms with van der Waals surface area (Å²) in [6.45, 7) is 9.88. The number of nitrogens with one attached hydrogen (secondary N) is 1. The fourth-order valence-corrected chi connectivity index (χ4v) is 3.62. The number of benzene rings is 1. The van der Waals surface area contributed by atoms with E-state index in [1.54, 1.807) is 17.0 Å². The van der Waals surface area contributed by atoms with Crippen molar-refractivity contribution in [3.8, 4) is 11.5 Å². The second kappa shape index (κ2) is 9.69. The van der Waals surface area contributed by atoms with Crippen LogP contribution in [0.5, 0.6) is 11.5 Å². The quantitative estimate of drug-likeness (QED) is 0.716.